The molecule has 0 saturated carbocycles. The molecule has 0 radical (unpaired) electrons. The van der Waals surface area contributed by atoms with Crippen LogP contribution in [0.15, 0.2) is 24.3 Å². The van der Waals surface area contributed by atoms with Gasteiger partial charge in [-0.3, -0.25) is 10.1 Å². The predicted molar refractivity (Wildman–Crippen MR) is 67.5 cm³/mol. The highest BCUT2D eigenvalue weighted by molar-refractivity contribution is 5.45. The molecule has 9 nitrogen and oxygen atoms in total. The zero-order valence-electron chi connectivity index (χ0n) is 10.8. The molecular weight excluding hydrogens is 286 g/mol. The minimum absolute atomic E-state index is 0.160. The Hall–Kier alpha value is -1.78. The number of ether oxygens (including phenoxy) is 2. The van der Waals surface area contributed by atoms with Crippen molar-refractivity contribution in [3.63, 3.8) is 0 Å². The molecule has 5 atom stereocenters. The van der Waals surface area contributed by atoms with Gasteiger partial charge in [0.05, 0.1) is 11.5 Å². The largest absolute Gasteiger partial charge is 0.455 e. The van der Waals surface area contributed by atoms with Crippen LogP contribution >= 0.6 is 0 Å². The van der Waals surface area contributed by atoms with Gasteiger partial charge in [-0.15, -0.1) is 0 Å². The zero-order valence-corrected chi connectivity index (χ0v) is 10.8. The highest BCUT2D eigenvalue weighted by atomic mass is 16.7. The van der Waals surface area contributed by atoms with Gasteiger partial charge in [-0.1, -0.05) is 12.1 Å². The quantitative estimate of drug-likeness (QED) is 0.400. The summed E-state index contributed by atoms with van der Waals surface area (Å²) in [4.78, 5) is 10.2. The smallest absolute Gasteiger partial charge is 0.311 e. The van der Waals surface area contributed by atoms with Crippen LogP contribution in [0, 0.1) is 10.1 Å². The standard InChI is InChI=1S/C12H15NO8/c14-5-8-9(15)10(16)11(17)12(21-8)20-7-4-2-1-3-6(7)13(18)19/h1-4,8-12,14-17H,5H2/t8-,9-,10-,11-,12-/m1/s1. The Balaban J connectivity index is 2.20. The van der Waals surface area contributed by atoms with Crippen LogP contribution in [0.25, 0.3) is 0 Å². The Morgan fingerprint density at radius 3 is 2.48 bits per heavy atom. The van der Waals surface area contributed by atoms with Crippen molar-refractivity contribution in [3.8, 4) is 5.75 Å². The Kier molecular flexibility index (Phi) is 4.70. The minimum atomic E-state index is -1.62. The van der Waals surface area contributed by atoms with Gasteiger partial charge in [0.1, 0.15) is 24.4 Å². The SMILES string of the molecule is O=[N+]([O-])c1ccccc1O[C@@H]1O[C@H](CO)[C@@H](O)[C@@H](O)[C@H]1O. The molecule has 0 bridgehead atoms. The molecule has 1 aliphatic rings. The molecule has 4 N–H and O–H groups in total. The maximum Gasteiger partial charge on any atom is 0.311 e. The maximum atomic E-state index is 10.9. The predicted octanol–water partition coefficient (Wildman–Crippen LogP) is -1.23. The lowest BCUT2D eigenvalue weighted by atomic mass is 9.99. The number of benzene rings is 1. The van der Waals surface area contributed by atoms with Crippen LogP contribution in [-0.4, -0.2) is 62.7 Å². The maximum absolute atomic E-state index is 10.9. The van der Waals surface area contributed by atoms with Crippen molar-refractivity contribution in [2.45, 2.75) is 30.7 Å². The first kappa shape index (κ1) is 15.6. The van der Waals surface area contributed by atoms with E-state index in [0.29, 0.717) is 0 Å². The second-order valence-electron chi connectivity index (χ2n) is 4.54. The van der Waals surface area contributed by atoms with Crippen molar-refractivity contribution in [1.82, 2.24) is 0 Å². The summed E-state index contributed by atoms with van der Waals surface area (Å²) < 4.78 is 10.3. The van der Waals surface area contributed by atoms with Gasteiger partial charge in [-0.05, 0) is 6.07 Å². The number of hydrogen-bond donors (Lipinski definition) is 4. The number of para-hydroxylation sites is 2. The summed E-state index contributed by atoms with van der Waals surface area (Å²) in [6.45, 7) is -0.609. The van der Waals surface area contributed by atoms with Gasteiger partial charge in [0.15, 0.2) is 5.75 Å². The van der Waals surface area contributed by atoms with E-state index < -0.39 is 42.2 Å². The lowest BCUT2D eigenvalue weighted by Gasteiger charge is -2.39. The molecule has 1 heterocycles. The minimum Gasteiger partial charge on any atom is -0.455 e. The Labute approximate surface area is 119 Å². The molecule has 2 rings (SSSR count). The number of nitro benzene ring substituents is 1. The van der Waals surface area contributed by atoms with Crippen LogP contribution in [0.1, 0.15) is 0 Å². The molecule has 1 aliphatic heterocycles. The van der Waals surface area contributed by atoms with E-state index in [2.05, 4.69) is 0 Å². The third kappa shape index (κ3) is 3.12. The van der Waals surface area contributed by atoms with E-state index >= 15 is 0 Å². The fourth-order valence-electron chi connectivity index (χ4n) is 2.00. The highest BCUT2D eigenvalue weighted by Crippen LogP contribution is 2.30. The summed E-state index contributed by atoms with van der Waals surface area (Å²) in [6.07, 6.45) is -7.35. The van der Waals surface area contributed by atoms with E-state index in [9.17, 15) is 25.4 Å². The first-order valence-electron chi connectivity index (χ1n) is 6.16. The van der Waals surface area contributed by atoms with Crippen LogP contribution in [0.2, 0.25) is 0 Å². The summed E-state index contributed by atoms with van der Waals surface area (Å²) >= 11 is 0. The number of aliphatic hydroxyl groups excluding tert-OH is 4. The molecule has 0 spiro atoms. The third-order valence-corrected chi connectivity index (χ3v) is 3.15. The topological polar surface area (TPSA) is 143 Å². The van der Waals surface area contributed by atoms with Crippen LogP contribution in [-0.2, 0) is 4.74 Å². The van der Waals surface area contributed by atoms with Gasteiger partial charge >= 0.3 is 5.69 Å². The number of aliphatic hydroxyl groups is 4. The van der Waals surface area contributed by atoms with E-state index in [1.165, 1.54) is 24.3 Å². The normalized spacial score (nSPS) is 32.7. The van der Waals surface area contributed by atoms with Gasteiger partial charge < -0.3 is 29.9 Å². The number of nitro groups is 1. The first-order chi connectivity index (χ1) is 9.95. The van der Waals surface area contributed by atoms with Gasteiger partial charge in [0.2, 0.25) is 6.29 Å². The van der Waals surface area contributed by atoms with E-state index in [1.807, 2.05) is 0 Å². The molecule has 116 valence electrons. The second-order valence-corrected chi connectivity index (χ2v) is 4.54. The monoisotopic (exact) mass is 301 g/mol. The molecule has 0 aliphatic carbocycles. The summed E-state index contributed by atoms with van der Waals surface area (Å²) in [5, 5.41) is 49.0. The van der Waals surface area contributed by atoms with Crippen molar-refractivity contribution in [2.24, 2.45) is 0 Å². The van der Waals surface area contributed by atoms with Crippen LogP contribution < -0.4 is 4.74 Å². The Morgan fingerprint density at radius 1 is 1.19 bits per heavy atom. The molecule has 1 aromatic rings. The van der Waals surface area contributed by atoms with Crippen molar-refractivity contribution < 1.29 is 34.8 Å². The van der Waals surface area contributed by atoms with Crippen molar-refractivity contribution in [2.75, 3.05) is 6.61 Å². The van der Waals surface area contributed by atoms with Crippen LogP contribution in [0.5, 0.6) is 5.75 Å². The molecule has 0 unspecified atom stereocenters. The molecular formula is C12H15NO8. The van der Waals surface area contributed by atoms with E-state index in [1.54, 1.807) is 0 Å². The van der Waals surface area contributed by atoms with E-state index in [-0.39, 0.29) is 11.4 Å². The lowest BCUT2D eigenvalue weighted by molar-refractivity contribution is -0.387. The Bertz CT molecular complexity index is 508. The molecule has 1 saturated heterocycles. The van der Waals surface area contributed by atoms with Gasteiger partial charge in [0.25, 0.3) is 0 Å². The second kappa shape index (κ2) is 6.33. The summed E-state index contributed by atoms with van der Waals surface area (Å²) in [5.41, 5.74) is -0.338. The van der Waals surface area contributed by atoms with Crippen molar-refractivity contribution >= 4 is 5.69 Å². The number of rotatable bonds is 4. The van der Waals surface area contributed by atoms with Gasteiger partial charge in [0, 0.05) is 6.07 Å². The first-order valence-corrected chi connectivity index (χ1v) is 6.16. The van der Waals surface area contributed by atoms with Crippen molar-refractivity contribution in [3.05, 3.63) is 34.4 Å². The summed E-state index contributed by atoms with van der Waals surface area (Å²) in [6, 6.07) is 5.45. The highest BCUT2D eigenvalue weighted by Gasteiger charge is 2.45. The van der Waals surface area contributed by atoms with Crippen LogP contribution in [0.3, 0.4) is 0 Å². The lowest BCUT2D eigenvalue weighted by Crippen LogP contribution is -2.60. The molecule has 9 heteroatoms. The summed E-state index contributed by atoms with van der Waals surface area (Å²) in [5.74, 6) is -0.160. The van der Waals surface area contributed by atoms with E-state index in [4.69, 9.17) is 14.6 Å². The van der Waals surface area contributed by atoms with E-state index in [0.717, 1.165) is 0 Å². The number of hydrogen-bond acceptors (Lipinski definition) is 8. The fraction of sp³-hybridized carbons (Fsp3) is 0.500. The average molecular weight is 301 g/mol. The van der Waals surface area contributed by atoms with Gasteiger partial charge in [-0.25, -0.2) is 0 Å². The molecule has 0 amide bonds. The Morgan fingerprint density at radius 2 is 1.86 bits per heavy atom. The zero-order chi connectivity index (χ0) is 15.6. The molecule has 1 fully saturated rings. The summed E-state index contributed by atoms with van der Waals surface area (Å²) in [7, 11) is 0. The fourth-order valence-corrected chi connectivity index (χ4v) is 2.00. The van der Waals surface area contributed by atoms with Crippen LogP contribution in [0.4, 0.5) is 5.69 Å². The third-order valence-electron chi connectivity index (χ3n) is 3.15. The average Bonchev–Trinajstić information content (AvgIpc) is 2.48. The molecule has 1 aromatic carbocycles. The van der Waals surface area contributed by atoms with Gasteiger partial charge in [-0.2, -0.15) is 0 Å². The number of nitrogens with zero attached hydrogens (tertiary/aromatic N) is 1. The molecule has 0 aromatic heterocycles. The van der Waals surface area contributed by atoms with Crippen molar-refractivity contribution in [1.29, 1.82) is 0 Å². The molecule has 21 heavy (non-hydrogen) atoms.